The van der Waals surface area contributed by atoms with Crippen molar-refractivity contribution in [3.8, 4) is 11.3 Å². The predicted octanol–water partition coefficient (Wildman–Crippen LogP) is 4.34. The molecule has 3 aromatic rings. The molecule has 0 bridgehead atoms. The first-order valence-corrected chi connectivity index (χ1v) is 10.6. The van der Waals surface area contributed by atoms with Gasteiger partial charge in [-0.3, -0.25) is 4.68 Å². The number of sulfonamides is 1. The molecule has 0 saturated carbocycles. The Balaban J connectivity index is 2.07. The number of benzene rings is 2. The maximum Gasteiger partial charge on any atom is 0.247 e. The number of rotatable bonds is 7. The molecule has 1 aromatic heterocycles. The van der Waals surface area contributed by atoms with E-state index < -0.39 is 10.0 Å². The van der Waals surface area contributed by atoms with Crippen molar-refractivity contribution in [3.05, 3.63) is 72.4 Å². The highest BCUT2D eigenvalue weighted by Crippen LogP contribution is 2.30. The first-order chi connectivity index (χ1) is 12.9. The van der Waals surface area contributed by atoms with Crippen molar-refractivity contribution in [2.45, 2.75) is 38.3 Å². The van der Waals surface area contributed by atoms with Gasteiger partial charge in [-0.15, -0.1) is 0 Å². The van der Waals surface area contributed by atoms with E-state index in [1.807, 2.05) is 81.4 Å². The van der Waals surface area contributed by atoms with E-state index >= 15 is 0 Å². The second-order valence-corrected chi connectivity index (χ2v) is 8.60. The van der Waals surface area contributed by atoms with Crippen LogP contribution in [0.2, 0.25) is 0 Å². The first-order valence-electron chi connectivity index (χ1n) is 9.12. The van der Waals surface area contributed by atoms with Gasteiger partial charge < -0.3 is 0 Å². The third kappa shape index (κ3) is 4.12. The smallest absolute Gasteiger partial charge is 0.247 e. The van der Waals surface area contributed by atoms with Crippen molar-refractivity contribution in [2.24, 2.45) is 0 Å². The first kappa shape index (κ1) is 19.3. The van der Waals surface area contributed by atoms with Crippen LogP contribution < -0.4 is 0 Å². The molecule has 0 unspecified atom stereocenters. The lowest BCUT2D eigenvalue weighted by molar-refractivity contribution is 0.423. The Morgan fingerprint density at radius 2 is 1.59 bits per heavy atom. The van der Waals surface area contributed by atoms with Gasteiger partial charge in [-0.05, 0) is 19.4 Å². The van der Waals surface area contributed by atoms with Gasteiger partial charge in [-0.25, -0.2) is 8.42 Å². The molecule has 0 radical (unpaired) electrons. The molecular formula is C21H25N3O2S. The number of aromatic nitrogens is 2. The van der Waals surface area contributed by atoms with Gasteiger partial charge in [0.1, 0.15) is 10.6 Å². The van der Waals surface area contributed by atoms with Crippen LogP contribution in [0.1, 0.15) is 32.4 Å². The monoisotopic (exact) mass is 383 g/mol. The predicted molar refractivity (Wildman–Crippen MR) is 108 cm³/mol. The van der Waals surface area contributed by atoms with E-state index in [0.717, 1.165) is 11.1 Å². The summed E-state index contributed by atoms with van der Waals surface area (Å²) in [5.41, 5.74) is 2.25. The normalized spacial score (nSPS) is 12.0. The van der Waals surface area contributed by atoms with Crippen LogP contribution in [0.25, 0.3) is 11.3 Å². The van der Waals surface area contributed by atoms with Gasteiger partial charge in [-0.1, -0.05) is 67.6 Å². The van der Waals surface area contributed by atoms with E-state index in [2.05, 4.69) is 5.10 Å². The van der Waals surface area contributed by atoms with E-state index in [1.54, 1.807) is 10.9 Å². The zero-order valence-electron chi connectivity index (χ0n) is 15.9. The van der Waals surface area contributed by atoms with Crippen molar-refractivity contribution in [1.82, 2.24) is 14.1 Å². The van der Waals surface area contributed by atoms with Gasteiger partial charge in [0.05, 0.1) is 0 Å². The van der Waals surface area contributed by atoms with Crippen molar-refractivity contribution in [3.63, 3.8) is 0 Å². The molecule has 5 nitrogen and oxygen atoms in total. The van der Waals surface area contributed by atoms with Gasteiger partial charge in [0.2, 0.25) is 10.0 Å². The average Bonchev–Trinajstić information content (AvgIpc) is 3.14. The molecule has 6 heteroatoms. The van der Waals surface area contributed by atoms with Crippen LogP contribution in [0.4, 0.5) is 0 Å². The maximum absolute atomic E-state index is 13.5. The zero-order chi connectivity index (χ0) is 19.4. The summed E-state index contributed by atoms with van der Waals surface area (Å²) in [7, 11) is -3.69. The topological polar surface area (TPSA) is 55.2 Å². The molecule has 0 spiro atoms. The Kier molecular flexibility index (Phi) is 5.77. The lowest BCUT2D eigenvalue weighted by Crippen LogP contribution is -2.30. The Morgan fingerprint density at radius 1 is 1.00 bits per heavy atom. The molecule has 1 heterocycles. The molecule has 3 rings (SSSR count). The van der Waals surface area contributed by atoms with Gasteiger partial charge in [-0.2, -0.15) is 9.40 Å². The molecule has 0 aliphatic heterocycles. The summed E-state index contributed by atoms with van der Waals surface area (Å²) >= 11 is 0. The molecule has 2 aromatic carbocycles. The maximum atomic E-state index is 13.5. The second kappa shape index (κ2) is 8.06. The summed E-state index contributed by atoms with van der Waals surface area (Å²) in [6.45, 7) is 6.55. The van der Waals surface area contributed by atoms with Crippen LogP contribution in [0.3, 0.4) is 0 Å². The summed E-state index contributed by atoms with van der Waals surface area (Å²) < 4.78 is 30.2. The lowest BCUT2D eigenvalue weighted by atomic mass is 10.2. The third-order valence-electron chi connectivity index (χ3n) is 4.45. The van der Waals surface area contributed by atoms with Crippen LogP contribution in [-0.4, -0.2) is 29.0 Å². The van der Waals surface area contributed by atoms with Crippen LogP contribution >= 0.6 is 0 Å². The number of hydrogen-bond acceptors (Lipinski definition) is 3. The number of hydrogen-bond donors (Lipinski definition) is 0. The third-order valence-corrected chi connectivity index (χ3v) is 6.37. The van der Waals surface area contributed by atoms with Crippen molar-refractivity contribution >= 4 is 10.0 Å². The fourth-order valence-electron chi connectivity index (χ4n) is 2.92. The van der Waals surface area contributed by atoms with Crippen LogP contribution in [0, 0.1) is 0 Å². The summed E-state index contributed by atoms with van der Waals surface area (Å²) in [6.07, 6.45) is 1.65. The fourth-order valence-corrected chi connectivity index (χ4v) is 4.50. The minimum atomic E-state index is -3.69. The zero-order valence-corrected chi connectivity index (χ0v) is 16.7. The minimum Gasteiger partial charge on any atom is -0.268 e. The van der Waals surface area contributed by atoms with Crippen LogP contribution in [0.15, 0.2) is 71.8 Å². The van der Waals surface area contributed by atoms with E-state index in [1.165, 1.54) is 4.31 Å². The Hall–Kier alpha value is -2.44. The molecule has 0 N–H and O–H groups in total. The van der Waals surface area contributed by atoms with E-state index in [-0.39, 0.29) is 10.9 Å². The van der Waals surface area contributed by atoms with Gasteiger partial charge in [0, 0.05) is 30.9 Å². The molecule has 142 valence electrons. The van der Waals surface area contributed by atoms with Crippen LogP contribution in [0.5, 0.6) is 0 Å². The Bertz CT molecular complexity index is 981. The standard InChI is InChI=1S/C21H25N3O2S/c1-4-23(15-18-11-7-5-8-12-18)27(25,26)20-16-24(17(2)3)22-21(20)19-13-9-6-10-14-19/h5-14,16-17H,4,15H2,1-3H3. The lowest BCUT2D eigenvalue weighted by Gasteiger charge is -2.20. The van der Waals surface area contributed by atoms with Crippen LogP contribution in [-0.2, 0) is 16.6 Å². The van der Waals surface area contributed by atoms with Crippen molar-refractivity contribution in [2.75, 3.05) is 6.54 Å². The summed E-state index contributed by atoms with van der Waals surface area (Å²) in [6, 6.07) is 19.2. The molecule has 0 aliphatic carbocycles. The van der Waals surface area contributed by atoms with Gasteiger partial charge in [0.25, 0.3) is 0 Å². The molecule has 0 aliphatic rings. The van der Waals surface area contributed by atoms with E-state index in [0.29, 0.717) is 18.8 Å². The quantitative estimate of drug-likeness (QED) is 0.610. The molecule has 0 atom stereocenters. The van der Waals surface area contributed by atoms with Crippen molar-refractivity contribution in [1.29, 1.82) is 0 Å². The highest BCUT2D eigenvalue weighted by atomic mass is 32.2. The number of nitrogens with zero attached hydrogens (tertiary/aromatic N) is 3. The highest BCUT2D eigenvalue weighted by Gasteiger charge is 2.29. The molecule has 0 amide bonds. The largest absolute Gasteiger partial charge is 0.268 e. The SMILES string of the molecule is CCN(Cc1ccccc1)S(=O)(=O)c1cn(C(C)C)nc1-c1ccccc1. The van der Waals surface area contributed by atoms with Gasteiger partial charge in [0.15, 0.2) is 0 Å². The molecule has 0 saturated heterocycles. The Morgan fingerprint density at radius 3 is 2.15 bits per heavy atom. The Labute approximate surface area is 161 Å². The minimum absolute atomic E-state index is 0.0700. The summed E-state index contributed by atoms with van der Waals surface area (Å²) in [5.74, 6) is 0. The molecular weight excluding hydrogens is 358 g/mol. The fraction of sp³-hybridized carbons (Fsp3) is 0.286. The van der Waals surface area contributed by atoms with Gasteiger partial charge >= 0.3 is 0 Å². The summed E-state index contributed by atoms with van der Waals surface area (Å²) in [5, 5.41) is 4.58. The average molecular weight is 384 g/mol. The molecule has 27 heavy (non-hydrogen) atoms. The van der Waals surface area contributed by atoms with Crippen molar-refractivity contribution < 1.29 is 8.42 Å². The highest BCUT2D eigenvalue weighted by molar-refractivity contribution is 7.89. The van der Waals surface area contributed by atoms with E-state index in [9.17, 15) is 8.42 Å². The molecule has 0 fully saturated rings. The van der Waals surface area contributed by atoms with E-state index in [4.69, 9.17) is 0 Å². The second-order valence-electron chi connectivity index (χ2n) is 6.70. The summed E-state index contributed by atoms with van der Waals surface area (Å²) in [4.78, 5) is 0.250.